The molecule has 0 aliphatic carbocycles. The predicted octanol–water partition coefficient (Wildman–Crippen LogP) is 2.81. The van der Waals surface area contributed by atoms with Crippen LogP contribution in [0.15, 0.2) is 41.2 Å². The number of carbonyl (C=O) groups is 1. The van der Waals surface area contributed by atoms with Crippen molar-refractivity contribution >= 4 is 11.6 Å². The number of amides is 1. The second-order valence-corrected chi connectivity index (χ2v) is 6.12. The molecule has 2 aromatic heterocycles. The van der Waals surface area contributed by atoms with E-state index in [-0.39, 0.29) is 11.6 Å². The topological polar surface area (TPSA) is 82.2 Å². The van der Waals surface area contributed by atoms with Crippen molar-refractivity contribution in [2.45, 2.75) is 26.3 Å². The van der Waals surface area contributed by atoms with E-state index in [9.17, 15) is 4.79 Å². The Hall–Kier alpha value is -3.09. The van der Waals surface area contributed by atoms with Crippen LogP contribution in [0.5, 0.6) is 5.75 Å². The Morgan fingerprint density at radius 3 is 3.12 bits per heavy atom. The molecule has 0 spiro atoms. The highest BCUT2D eigenvalue weighted by atomic mass is 16.5. The zero-order valence-electron chi connectivity index (χ0n) is 13.9. The van der Waals surface area contributed by atoms with Crippen LogP contribution in [-0.2, 0) is 13.0 Å². The molecular weight excluding hydrogens is 320 g/mol. The lowest BCUT2D eigenvalue weighted by atomic mass is 10.1. The number of carbonyl (C=O) groups excluding carboxylic acids is 1. The van der Waals surface area contributed by atoms with Crippen LogP contribution in [0, 0.1) is 6.92 Å². The molecule has 1 aromatic carbocycles. The molecule has 1 aliphatic heterocycles. The van der Waals surface area contributed by atoms with Crippen LogP contribution < -0.4 is 10.1 Å². The van der Waals surface area contributed by atoms with Gasteiger partial charge in [0.05, 0.1) is 12.8 Å². The molecule has 4 rings (SSSR count). The van der Waals surface area contributed by atoms with Gasteiger partial charge in [0.25, 0.3) is 5.91 Å². The number of benzene rings is 1. The molecule has 0 bridgehead atoms. The maximum atomic E-state index is 12.4. The lowest BCUT2D eigenvalue weighted by molar-refractivity contribution is 0.101. The van der Waals surface area contributed by atoms with Gasteiger partial charge in [-0.2, -0.15) is 5.10 Å². The molecule has 0 radical (unpaired) electrons. The van der Waals surface area contributed by atoms with Crippen LogP contribution in [0.25, 0.3) is 0 Å². The summed E-state index contributed by atoms with van der Waals surface area (Å²) in [6.45, 7) is 3.15. The van der Waals surface area contributed by atoms with E-state index in [1.807, 2.05) is 31.3 Å². The molecule has 0 saturated carbocycles. The zero-order valence-corrected chi connectivity index (χ0v) is 13.9. The Morgan fingerprint density at radius 2 is 2.28 bits per heavy atom. The molecule has 0 atom stereocenters. The van der Waals surface area contributed by atoms with Gasteiger partial charge in [-0.05, 0) is 49.1 Å². The molecule has 0 fully saturated rings. The van der Waals surface area contributed by atoms with Gasteiger partial charge >= 0.3 is 0 Å². The van der Waals surface area contributed by atoms with E-state index < -0.39 is 0 Å². The largest absolute Gasteiger partial charge is 0.493 e. The highest BCUT2D eigenvalue weighted by Gasteiger charge is 2.15. The van der Waals surface area contributed by atoms with Gasteiger partial charge in [0, 0.05) is 18.0 Å². The molecular formula is C18H18N4O3. The fourth-order valence-corrected chi connectivity index (χ4v) is 2.84. The standard InChI is InChI=1S/C18H18N4O3/c1-12-9-19-22(10-12)11-15-8-16(21-25-15)18(23)20-14-4-5-17-13(7-14)3-2-6-24-17/h4-5,7-10H,2-3,6,11H2,1H3,(H,20,23). The number of hydrogen-bond donors (Lipinski definition) is 1. The predicted molar refractivity (Wildman–Crippen MR) is 90.8 cm³/mol. The van der Waals surface area contributed by atoms with Crippen molar-refractivity contribution in [3.8, 4) is 5.75 Å². The quantitative estimate of drug-likeness (QED) is 0.791. The summed E-state index contributed by atoms with van der Waals surface area (Å²) in [4.78, 5) is 12.4. The first-order valence-electron chi connectivity index (χ1n) is 8.19. The van der Waals surface area contributed by atoms with Gasteiger partial charge in [0.15, 0.2) is 11.5 Å². The van der Waals surface area contributed by atoms with Gasteiger partial charge in [0.1, 0.15) is 12.3 Å². The third-order valence-corrected chi connectivity index (χ3v) is 4.04. The maximum Gasteiger partial charge on any atom is 0.277 e. The molecule has 3 aromatic rings. The number of hydrogen-bond acceptors (Lipinski definition) is 5. The highest BCUT2D eigenvalue weighted by molar-refractivity contribution is 6.02. The fourth-order valence-electron chi connectivity index (χ4n) is 2.84. The van der Waals surface area contributed by atoms with Crippen molar-refractivity contribution in [1.29, 1.82) is 0 Å². The Balaban J connectivity index is 1.44. The number of nitrogens with zero attached hydrogens (tertiary/aromatic N) is 3. The molecule has 128 valence electrons. The Labute approximate surface area is 144 Å². The number of nitrogens with one attached hydrogen (secondary N) is 1. The van der Waals surface area contributed by atoms with Crippen molar-refractivity contribution in [1.82, 2.24) is 14.9 Å². The average molecular weight is 338 g/mol. The smallest absolute Gasteiger partial charge is 0.277 e. The van der Waals surface area contributed by atoms with E-state index in [0.717, 1.165) is 42.0 Å². The zero-order chi connectivity index (χ0) is 17.2. The first-order chi connectivity index (χ1) is 12.2. The summed E-state index contributed by atoms with van der Waals surface area (Å²) in [5.41, 5.74) is 3.14. The molecule has 3 heterocycles. The number of anilines is 1. The van der Waals surface area contributed by atoms with Crippen LogP contribution >= 0.6 is 0 Å². The molecule has 1 aliphatic rings. The minimum absolute atomic E-state index is 0.243. The normalized spacial score (nSPS) is 13.2. The molecule has 0 unspecified atom stereocenters. The summed E-state index contributed by atoms with van der Waals surface area (Å²) in [7, 11) is 0. The van der Waals surface area contributed by atoms with E-state index >= 15 is 0 Å². The van der Waals surface area contributed by atoms with E-state index in [4.69, 9.17) is 9.26 Å². The van der Waals surface area contributed by atoms with Gasteiger partial charge in [-0.3, -0.25) is 9.48 Å². The van der Waals surface area contributed by atoms with Crippen LogP contribution in [0.4, 0.5) is 5.69 Å². The summed E-state index contributed by atoms with van der Waals surface area (Å²) < 4.78 is 12.6. The summed E-state index contributed by atoms with van der Waals surface area (Å²) in [5.74, 6) is 1.16. The first-order valence-corrected chi connectivity index (χ1v) is 8.19. The number of aromatic nitrogens is 3. The summed E-state index contributed by atoms with van der Waals surface area (Å²) in [6.07, 6.45) is 5.61. The van der Waals surface area contributed by atoms with Crippen LogP contribution in [0.3, 0.4) is 0 Å². The summed E-state index contributed by atoms with van der Waals surface area (Å²) in [5, 5.41) is 10.9. The van der Waals surface area contributed by atoms with Crippen molar-refractivity contribution in [3.63, 3.8) is 0 Å². The van der Waals surface area contributed by atoms with E-state index in [2.05, 4.69) is 15.6 Å². The number of ether oxygens (including phenoxy) is 1. The molecule has 0 saturated heterocycles. The Bertz CT molecular complexity index is 913. The number of fused-ring (bicyclic) bond motifs is 1. The third kappa shape index (κ3) is 3.40. The van der Waals surface area contributed by atoms with Crippen LogP contribution in [-0.4, -0.2) is 27.5 Å². The van der Waals surface area contributed by atoms with E-state index in [0.29, 0.717) is 12.3 Å². The van der Waals surface area contributed by atoms with Crippen molar-refractivity contribution in [3.05, 3.63) is 59.2 Å². The maximum absolute atomic E-state index is 12.4. The van der Waals surface area contributed by atoms with Crippen molar-refractivity contribution in [2.24, 2.45) is 0 Å². The van der Waals surface area contributed by atoms with Gasteiger partial charge < -0.3 is 14.6 Å². The summed E-state index contributed by atoms with van der Waals surface area (Å²) in [6, 6.07) is 7.29. The van der Waals surface area contributed by atoms with E-state index in [1.165, 1.54) is 0 Å². The first kappa shape index (κ1) is 15.4. The monoisotopic (exact) mass is 338 g/mol. The van der Waals surface area contributed by atoms with Gasteiger partial charge in [-0.1, -0.05) is 5.16 Å². The van der Waals surface area contributed by atoms with Crippen molar-refractivity contribution in [2.75, 3.05) is 11.9 Å². The summed E-state index contributed by atoms with van der Waals surface area (Å²) >= 11 is 0. The minimum atomic E-state index is -0.302. The molecule has 1 amide bonds. The Morgan fingerprint density at radius 1 is 1.36 bits per heavy atom. The van der Waals surface area contributed by atoms with Gasteiger partial charge in [-0.15, -0.1) is 0 Å². The SMILES string of the molecule is Cc1cnn(Cc2cc(C(=O)Nc3ccc4c(c3)CCCO4)no2)c1. The molecule has 7 heteroatoms. The number of aryl methyl sites for hydroxylation is 2. The van der Waals surface area contributed by atoms with Gasteiger partial charge in [0.2, 0.25) is 0 Å². The van der Waals surface area contributed by atoms with E-state index in [1.54, 1.807) is 16.9 Å². The minimum Gasteiger partial charge on any atom is -0.493 e. The highest BCUT2D eigenvalue weighted by Crippen LogP contribution is 2.27. The average Bonchev–Trinajstić information content (AvgIpc) is 3.24. The lowest BCUT2D eigenvalue weighted by Crippen LogP contribution is -2.13. The van der Waals surface area contributed by atoms with Crippen LogP contribution in [0.1, 0.15) is 33.8 Å². The Kier molecular flexibility index (Phi) is 3.97. The van der Waals surface area contributed by atoms with Crippen LogP contribution in [0.2, 0.25) is 0 Å². The number of rotatable bonds is 4. The van der Waals surface area contributed by atoms with Crippen molar-refractivity contribution < 1.29 is 14.1 Å². The lowest BCUT2D eigenvalue weighted by Gasteiger charge is -2.17. The molecule has 1 N–H and O–H groups in total. The second kappa shape index (κ2) is 6.43. The third-order valence-electron chi connectivity index (χ3n) is 4.04. The van der Waals surface area contributed by atoms with Gasteiger partial charge in [-0.25, -0.2) is 0 Å². The molecule has 7 nitrogen and oxygen atoms in total. The second-order valence-electron chi connectivity index (χ2n) is 6.12. The molecule has 25 heavy (non-hydrogen) atoms. The fraction of sp³-hybridized carbons (Fsp3) is 0.278.